The highest BCUT2D eigenvalue weighted by Crippen LogP contribution is 2.28. The van der Waals surface area contributed by atoms with Crippen LogP contribution < -0.4 is 21.7 Å². The molecule has 5 atom stereocenters. The molecule has 0 saturated heterocycles. The Morgan fingerprint density at radius 3 is 2.24 bits per heavy atom. The third-order valence-electron chi connectivity index (χ3n) is 8.24. The number of nitrogens with zero attached hydrogens (tertiary/aromatic N) is 1. The van der Waals surface area contributed by atoms with E-state index < -0.39 is 59.4 Å². The number of carbonyl (C=O) groups is 3. The van der Waals surface area contributed by atoms with Crippen molar-refractivity contribution >= 4 is 17.9 Å². The van der Waals surface area contributed by atoms with Crippen LogP contribution in [0.25, 0.3) is 0 Å². The van der Waals surface area contributed by atoms with Crippen molar-refractivity contribution in [3.8, 4) is 0 Å². The lowest BCUT2D eigenvalue weighted by Crippen LogP contribution is -2.59. The average molecular weight is 643 g/mol. The molecule has 12 heteroatoms. The summed E-state index contributed by atoms with van der Waals surface area (Å²) in [4.78, 5) is 47.2. The van der Waals surface area contributed by atoms with Gasteiger partial charge in [0, 0.05) is 30.6 Å². The van der Waals surface area contributed by atoms with Crippen LogP contribution in [-0.4, -0.2) is 79.6 Å². The molecule has 256 valence electrons. The van der Waals surface area contributed by atoms with Gasteiger partial charge in [0.25, 0.3) is 0 Å². The number of H-pyrrole nitrogens is 1. The van der Waals surface area contributed by atoms with Crippen LogP contribution in [-0.2, 0) is 27.2 Å². The van der Waals surface area contributed by atoms with Crippen LogP contribution in [0.1, 0.15) is 90.8 Å². The molecule has 3 rings (SSSR count). The maximum Gasteiger partial charge on any atom is 0.408 e. The van der Waals surface area contributed by atoms with E-state index in [1.54, 1.807) is 40.8 Å². The molecule has 1 aliphatic rings. The molecule has 1 aromatic carbocycles. The minimum atomic E-state index is -1.17. The van der Waals surface area contributed by atoms with Gasteiger partial charge in [-0.3, -0.25) is 9.59 Å². The number of amides is 3. The van der Waals surface area contributed by atoms with Crippen molar-refractivity contribution < 1.29 is 29.3 Å². The molecule has 1 fully saturated rings. The second-order valence-electron chi connectivity index (χ2n) is 14.3. The maximum absolute atomic E-state index is 13.7. The lowest BCUT2D eigenvalue weighted by molar-refractivity contribution is -0.131. The minimum absolute atomic E-state index is 0.0399. The summed E-state index contributed by atoms with van der Waals surface area (Å²) in [5.74, 6) is -0.641. The number of nitrogens with one attached hydrogen (secondary N) is 4. The van der Waals surface area contributed by atoms with Crippen molar-refractivity contribution in [1.29, 1.82) is 0 Å². The zero-order valence-electron chi connectivity index (χ0n) is 27.9. The summed E-state index contributed by atoms with van der Waals surface area (Å²) in [6.07, 6.45) is 6.68. The van der Waals surface area contributed by atoms with Crippen molar-refractivity contribution in [2.75, 3.05) is 0 Å². The van der Waals surface area contributed by atoms with Gasteiger partial charge in [0.2, 0.25) is 11.8 Å². The highest BCUT2D eigenvalue weighted by atomic mass is 16.6. The van der Waals surface area contributed by atoms with Gasteiger partial charge in [-0.2, -0.15) is 0 Å². The van der Waals surface area contributed by atoms with E-state index in [4.69, 9.17) is 10.5 Å². The number of aliphatic hydroxyl groups is 2. The van der Waals surface area contributed by atoms with Gasteiger partial charge in [-0.1, -0.05) is 62.4 Å². The number of aromatic nitrogens is 2. The first-order valence-corrected chi connectivity index (χ1v) is 16.4. The first-order valence-electron chi connectivity index (χ1n) is 16.4. The number of ether oxygens (including phenoxy) is 1. The minimum Gasteiger partial charge on any atom is -0.444 e. The Balaban J connectivity index is 1.70. The van der Waals surface area contributed by atoms with Gasteiger partial charge >= 0.3 is 6.09 Å². The summed E-state index contributed by atoms with van der Waals surface area (Å²) >= 11 is 0. The topological polar surface area (TPSA) is 192 Å². The molecule has 3 amide bonds. The molecule has 0 radical (unpaired) electrons. The smallest absolute Gasteiger partial charge is 0.408 e. The molecular formula is C34H54N6O6. The quantitative estimate of drug-likeness (QED) is 0.154. The average Bonchev–Trinajstić information content (AvgIpc) is 3.49. The molecule has 0 spiro atoms. The van der Waals surface area contributed by atoms with E-state index in [9.17, 15) is 24.6 Å². The summed E-state index contributed by atoms with van der Waals surface area (Å²) < 4.78 is 5.40. The van der Waals surface area contributed by atoms with Gasteiger partial charge in [-0.15, -0.1) is 0 Å². The molecule has 0 bridgehead atoms. The molecule has 1 saturated carbocycles. The molecule has 46 heavy (non-hydrogen) atoms. The van der Waals surface area contributed by atoms with E-state index in [0.717, 1.165) is 31.2 Å². The fourth-order valence-electron chi connectivity index (χ4n) is 5.95. The third-order valence-corrected chi connectivity index (χ3v) is 8.24. The van der Waals surface area contributed by atoms with Gasteiger partial charge < -0.3 is 41.6 Å². The van der Waals surface area contributed by atoms with E-state index in [1.807, 2.05) is 30.3 Å². The third kappa shape index (κ3) is 12.7. The first kappa shape index (κ1) is 37.0. The number of hydrogen-bond donors (Lipinski definition) is 7. The number of aliphatic hydroxyl groups excluding tert-OH is 2. The zero-order chi connectivity index (χ0) is 33.9. The molecule has 2 aromatic rings. The zero-order valence-corrected chi connectivity index (χ0v) is 27.9. The van der Waals surface area contributed by atoms with Crippen molar-refractivity contribution in [3.63, 3.8) is 0 Å². The highest BCUT2D eigenvalue weighted by Gasteiger charge is 2.35. The Bertz CT molecular complexity index is 1230. The fraction of sp³-hybridized carbons (Fsp3) is 0.647. The molecule has 12 nitrogen and oxygen atoms in total. The Morgan fingerprint density at radius 1 is 0.978 bits per heavy atom. The van der Waals surface area contributed by atoms with Gasteiger partial charge in [0.05, 0.1) is 24.2 Å². The Morgan fingerprint density at radius 2 is 1.63 bits per heavy atom. The molecule has 0 unspecified atom stereocenters. The molecular weight excluding hydrogens is 588 g/mol. The fourth-order valence-corrected chi connectivity index (χ4v) is 5.95. The SMILES string of the molecule is CC(C)(C[C@@H](O)[C@H](O)[C@@H](N)CC1CCCCC1)NC(=O)[C@H](Cc1c[nH]cn1)NC(=O)[C@H](Cc1ccccc1)NC(=O)OC(C)(C)C. The Hall–Kier alpha value is -3.48. The van der Waals surface area contributed by atoms with Crippen molar-refractivity contribution in [2.45, 2.75) is 134 Å². The number of hydrogen-bond acceptors (Lipinski definition) is 8. The molecule has 8 N–H and O–H groups in total. The number of nitrogens with two attached hydrogens (primary N) is 1. The van der Waals surface area contributed by atoms with Crippen LogP contribution in [0.2, 0.25) is 0 Å². The highest BCUT2D eigenvalue weighted by molar-refractivity contribution is 5.91. The largest absolute Gasteiger partial charge is 0.444 e. The van der Waals surface area contributed by atoms with E-state index in [0.29, 0.717) is 18.0 Å². The van der Waals surface area contributed by atoms with Crippen molar-refractivity contribution in [3.05, 3.63) is 54.1 Å². The Kier molecular flexibility index (Phi) is 13.6. The van der Waals surface area contributed by atoms with Crippen LogP contribution in [0, 0.1) is 5.92 Å². The number of benzene rings is 1. The van der Waals surface area contributed by atoms with Crippen LogP contribution >= 0.6 is 0 Å². The summed E-state index contributed by atoms with van der Waals surface area (Å²) in [5.41, 5.74) is 5.92. The Labute approximate surface area is 272 Å². The summed E-state index contributed by atoms with van der Waals surface area (Å²) in [5, 5.41) is 30.1. The van der Waals surface area contributed by atoms with Gasteiger partial charge in [-0.05, 0) is 58.9 Å². The van der Waals surface area contributed by atoms with Crippen molar-refractivity contribution in [2.24, 2.45) is 11.7 Å². The van der Waals surface area contributed by atoms with E-state index >= 15 is 0 Å². The van der Waals surface area contributed by atoms with Crippen molar-refractivity contribution in [1.82, 2.24) is 25.9 Å². The molecule has 1 aromatic heterocycles. The summed E-state index contributed by atoms with van der Waals surface area (Å²) in [6.45, 7) is 8.66. The van der Waals surface area contributed by atoms with Crippen LogP contribution in [0.3, 0.4) is 0 Å². The van der Waals surface area contributed by atoms with E-state index in [2.05, 4.69) is 25.9 Å². The number of carbonyl (C=O) groups excluding carboxylic acids is 3. The summed E-state index contributed by atoms with van der Waals surface area (Å²) in [6, 6.07) is 6.53. The van der Waals surface area contributed by atoms with E-state index in [-0.39, 0.29) is 19.3 Å². The second kappa shape index (κ2) is 16.9. The van der Waals surface area contributed by atoms with Gasteiger partial charge in [-0.25, -0.2) is 9.78 Å². The van der Waals surface area contributed by atoms with Crippen LogP contribution in [0.15, 0.2) is 42.9 Å². The first-order chi connectivity index (χ1) is 21.6. The van der Waals surface area contributed by atoms with Crippen LogP contribution in [0.5, 0.6) is 0 Å². The number of alkyl carbamates (subject to hydrolysis) is 1. The number of rotatable bonds is 15. The molecule has 1 aliphatic carbocycles. The predicted octanol–water partition coefficient (Wildman–Crippen LogP) is 2.88. The molecule has 1 heterocycles. The maximum atomic E-state index is 13.7. The van der Waals surface area contributed by atoms with E-state index in [1.165, 1.54) is 12.7 Å². The summed E-state index contributed by atoms with van der Waals surface area (Å²) in [7, 11) is 0. The standard InChI is InChI=1S/C34H54N6O6/c1-33(2,3)46-32(45)39-26(17-23-14-10-7-11-15-23)30(43)38-27(18-24-20-36-21-37-24)31(44)40-34(4,5)19-28(41)29(42)25(35)16-22-12-8-6-9-13-22/h7,10-11,14-15,20-22,25-29,41-42H,6,8-9,12-13,16-19,35H2,1-5H3,(H,36,37)(H,38,43)(H,39,45)(H,40,44)/t25-,26-,27-,28+,29+/m0/s1. The van der Waals surface area contributed by atoms with Gasteiger partial charge in [0.1, 0.15) is 17.7 Å². The van der Waals surface area contributed by atoms with Crippen LogP contribution in [0.4, 0.5) is 4.79 Å². The number of aromatic amines is 1. The monoisotopic (exact) mass is 642 g/mol. The number of imidazole rings is 1. The second-order valence-corrected chi connectivity index (χ2v) is 14.3. The lowest BCUT2D eigenvalue weighted by atomic mass is 9.82. The molecule has 0 aliphatic heterocycles. The van der Waals surface area contributed by atoms with Gasteiger partial charge in [0.15, 0.2) is 0 Å². The predicted molar refractivity (Wildman–Crippen MR) is 176 cm³/mol. The lowest BCUT2D eigenvalue weighted by Gasteiger charge is -2.34. The normalized spacial score (nSPS) is 17.7.